The molecule has 1 aromatic rings. The lowest BCUT2D eigenvalue weighted by atomic mass is 10.2. The van der Waals surface area contributed by atoms with Crippen LogP contribution in [0.25, 0.3) is 0 Å². The third kappa shape index (κ3) is 5.02. The summed E-state index contributed by atoms with van der Waals surface area (Å²) < 4.78 is 38.0. The van der Waals surface area contributed by atoms with Gasteiger partial charge in [0, 0.05) is 32.8 Å². The van der Waals surface area contributed by atoms with Gasteiger partial charge in [0.2, 0.25) is 15.9 Å². The Balaban J connectivity index is 1.85. The van der Waals surface area contributed by atoms with Gasteiger partial charge in [0.1, 0.15) is 6.61 Å². The number of hydrogen-bond donors (Lipinski definition) is 1. The highest BCUT2D eigenvalue weighted by Gasteiger charge is 2.28. The molecule has 2 aliphatic heterocycles. The maximum absolute atomic E-state index is 13.0. The van der Waals surface area contributed by atoms with Gasteiger partial charge in [-0.05, 0) is 37.5 Å². The average Bonchev–Trinajstić information content (AvgIpc) is 3.23. The van der Waals surface area contributed by atoms with Crippen molar-refractivity contribution in [3.63, 3.8) is 0 Å². The van der Waals surface area contributed by atoms with E-state index < -0.39 is 10.0 Å². The number of morpholine rings is 1. The van der Waals surface area contributed by atoms with Gasteiger partial charge >= 0.3 is 0 Å². The zero-order valence-electron chi connectivity index (χ0n) is 16.4. The molecule has 0 spiro atoms. The molecule has 1 aromatic carbocycles. The van der Waals surface area contributed by atoms with E-state index in [1.165, 1.54) is 4.31 Å². The largest absolute Gasteiger partial charge is 0.379 e. The number of ether oxygens (including phenoxy) is 2. The fourth-order valence-corrected chi connectivity index (χ4v) is 4.88. The minimum atomic E-state index is -3.63. The maximum Gasteiger partial charge on any atom is 0.250 e. The van der Waals surface area contributed by atoms with Crippen LogP contribution in [-0.2, 0) is 24.3 Å². The Hall–Kier alpha value is -1.68. The van der Waals surface area contributed by atoms with Crippen LogP contribution in [-0.4, -0.2) is 71.2 Å². The van der Waals surface area contributed by atoms with Gasteiger partial charge in [-0.2, -0.15) is 4.31 Å². The molecule has 1 N–H and O–H groups in total. The molecular weight excluding hydrogens is 382 g/mol. The van der Waals surface area contributed by atoms with E-state index in [1.54, 1.807) is 18.2 Å². The molecule has 28 heavy (non-hydrogen) atoms. The first-order chi connectivity index (χ1) is 13.5. The van der Waals surface area contributed by atoms with Crippen LogP contribution in [0, 0.1) is 0 Å². The van der Waals surface area contributed by atoms with Gasteiger partial charge in [0.25, 0.3) is 0 Å². The van der Waals surface area contributed by atoms with Crippen LogP contribution in [0.5, 0.6) is 0 Å². The molecular formula is C19H29N3O5S. The van der Waals surface area contributed by atoms with Crippen molar-refractivity contribution in [3.8, 4) is 0 Å². The van der Waals surface area contributed by atoms with E-state index >= 15 is 0 Å². The Bertz CT molecular complexity index is 772. The van der Waals surface area contributed by atoms with Crippen LogP contribution in [0.15, 0.2) is 23.1 Å². The van der Waals surface area contributed by atoms with Gasteiger partial charge in [0.05, 0.1) is 29.5 Å². The van der Waals surface area contributed by atoms with E-state index in [0.29, 0.717) is 38.6 Å². The molecule has 2 aliphatic rings. The van der Waals surface area contributed by atoms with Gasteiger partial charge in [0.15, 0.2) is 0 Å². The Morgan fingerprint density at radius 3 is 2.57 bits per heavy atom. The Morgan fingerprint density at radius 1 is 1.18 bits per heavy atom. The number of amides is 1. The SMILES string of the molecule is CCCOCC(=O)Nc1cc(S(=O)(=O)N2CCOCC2)ccc1N1CCCC1. The van der Waals surface area contributed by atoms with Crippen molar-refractivity contribution in [2.45, 2.75) is 31.1 Å². The van der Waals surface area contributed by atoms with Crippen molar-refractivity contribution in [1.82, 2.24) is 4.31 Å². The molecule has 3 rings (SSSR count). The number of carbonyl (C=O) groups excluding carboxylic acids is 1. The highest BCUT2D eigenvalue weighted by Crippen LogP contribution is 2.32. The topological polar surface area (TPSA) is 88.2 Å². The summed E-state index contributed by atoms with van der Waals surface area (Å²) in [5, 5.41) is 2.85. The van der Waals surface area contributed by atoms with Gasteiger partial charge in [-0.15, -0.1) is 0 Å². The molecule has 0 radical (unpaired) electrons. The number of carbonyl (C=O) groups is 1. The third-order valence-corrected chi connectivity index (χ3v) is 6.77. The summed E-state index contributed by atoms with van der Waals surface area (Å²) in [6.45, 7) is 5.68. The van der Waals surface area contributed by atoms with Crippen molar-refractivity contribution >= 4 is 27.3 Å². The monoisotopic (exact) mass is 411 g/mol. The Labute approximate surface area is 166 Å². The Kier molecular flexibility index (Phi) is 7.28. The summed E-state index contributed by atoms with van der Waals surface area (Å²) >= 11 is 0. The quantitative estimate of drug-likeness (QED) is 0.655. The predicted molar refractivity (Wildman–Crippen MR) is 107 cm³/mol. The summed E-state index contributed by atoms with van der Waals surface area (Å²) in [4.78, 5) is 14.6. The normalized spacial score (nSPS) is 18.4. The van der Waals surface area contributed by atoms with Crippen LogP contribution in [0.1, 0.15) is 26.2 Å². The summed E-state index contributed by atoms with van der Waals surface area (Å²) in [7, 11) is -3.63. The summed E-state index contributed by atoms with van der Waals surface area (Å²) in [5.74, 6) is -0.283. The summed E-state index contributed by atoms with van der Waals surface area (Å²) in [6.07, 6.45) is 3.00. The van der Waals surface area contributed by atoms with Crippen molar-refractivity contribution < 1.29 is 22.7 Å². The van der Waals surface area contributed by atoms with Gasteiger partial charge in [-0.3, -0.25) is 4.79 Å². The molecule has 156 valence electrons. The van der Waals surface area contributed by atoms with Gasteiger partial charge in [-0.25, -0.2) is 8.42 Å². The van der Waals surface area contributed by atoms with E-state index in [-0.39, 0.29) is 17.4 Å². The highest BCUT2D eigenvalue weighted by atomic mass is 32.2. The lowest BCUT2D eigenvalue weighted by molar-refractivity contribution is -0.120. The van der Waals surface area contributed by atoms with Gasteiger partial charge in [-0.1, -0.05) is 6.92 Å². The van der Waals surface area contributed by atoms with Crippen LogP contribution in [0.4, 0.5) is 11.4 Å². The van der Waals surface area contributed by atoms with Crippen molar-refractivity contribution in [2.24, 2.45) is 0 Å². The fraction of sp³-hybridized carbons (Fsp3) is 0.632. The molecule has 0 aromatic heterocycles. The number of sulfonamides is 1. The molecule has 0 bridgehead atoms. The third-order valence-electron chi connectivity index (χ3n) is 4.88. The number of anilines is 2. The van der Waals surface area contributed by atoms with Crippen LogP contribution < -0.4 is 10.2 Å². The summed E-state index contributed by atoms with van der Waals surface area (Å²) in [5.41, 5.74) is 1.36. The zero-order chi connectivity index (χ0) is 20.0. The molecule has 9 heteroatoms. The zero-order valence-corrected chi connectivity index (χ0v) is 17.2. The molecule has 8 nitrogen and oxygen atoms in total. The minimum absolute atomic E-state index is 0.0479. The lowest BCUT2D eigenvalue weighted by Gasteiger charge is -2.27. The number of nitrogens with one attached hydrogen (secondary N) is 1. The van der Waals surface area contributed by atoms with Crippen molar-refractivity contribution in [1.29, 1.82) is 0 Å². The van der Waals surface area contributed by atoms with Crippen molar-refractivity contribution in [2.75, 3.05) is 62.8 Å². The van der Waals surface area contributed by atoms with E-state index in [2.05, 4.69) is 10.2 Å². The first-order valence-corrected chi connectivity index (χ1v) is 11.3. The standard InChI is InChI=1S/C19H29N3O5S/c1-2-11-27-15-19(23)20-17-14-16(5-6-18(17)21-7-3-4-8-21)28(24,25)22-9-12-26-13-10-22/h5-6,14H,2-4,7-13,15H2,1H3,(H,20,23). The molecule has 1 amide bonds. The maximum atomic E-state index is 13.0. The molecule has 2 saturated heterocycles. The van der Waals surface area contributed by atoms with Gasteiger partial charge < -0.3 is 19.7 Å². The molecule has 2 heterocycles. The lowest BCUT2D eigenvalue weighted by Crippen LogP contribution is -2.40. The molecule has 0 atom stereocenters. The second kappa shape index (κ2) is 9.69. The Morgan fingerprint density at radius 2 is 1.89 bits per heavy atom. The van der Waals surface area contributed by atoms with E-state index in [4.69, 9.17) is 9.47 Å². The molecule has 0 unspecified atom stereocenters. The van der Waals surface area contributed by atoms with Crippen molar-refractivity contribution in [3.05, 3.63) is 18.2 Å². The number of nitrogens with zero attached hydrogens (tertiary/aromatic N) is 2. The number of benzene rings is 1. The number of rotatable bonds is 8. The van der Waals surface area contributed by atoms with E-state index in [0.717, 1.165) is 38.0 Å². The first kappa shape index (κ1) is 21.0. The first-order valence-electron chi connectivity index (χ1n) is 9.87. The smallest absolute Gasteiger partial charge is 0.250 e. The highest BCUT2D eigenvalue weighted by molar-refractivity contribution is 7.89. The second-order valence-electron chi connectivity index (χ2n) is 6.99. The molecule has 0 aliphatic carbocycles. The van der Waals surface area contributed by atoms with E-state index in [1.807, 2.05) is 6.92 Å². The number of hydrogen-bond acceptors (Lipinski definition) is 6. The second-order valence-corrected chi connectivity index (χ2v) is 8.93. The van der Waals surface area contributed by atoms with Crippen LogP contribution in [0.2, 0.25) is 0 Å². The minimum Gasteiger partial charge on any atom is -0.379 e. The van der Waals surface area contributed by atoms with E-state index in [9.17, 15) is 13.2 Å². The van der Waals surface area contributed by atoms with Crippen LogP contribution in [0.3, 0.4) is 0 Å². The summed E-state index contributed by atoms with van der Waals surface area (Å²) in [6, 6.07) is 4.99. The average molecular weight is 412 g/mol. The fourth-order valence-electron chi connectivity index (χ4n) is 3.44. The van der Waals surface area contributed by atoms with Crippen LogP contribution >= 0.6 is 0 Å². The predicted octanol–water partition coefficient (Wildman–Crippen LogP) is 1.67. The molecule has 2 fully saturated rings. The molecule has 0 saturated carbocycles.